The third-order valence-corrected chi connectivity index (χ3v) is 2.91. The highest BCUT2D eigenvalue weighted by molar-refractivity contribution is 5.77. The number of hydrogen-bond acceptors (Lipinski definition) is 3. The first-order valence-electron chi connectivity index (χ1n) is 6.23. The molecule has 0 unspecified atom stereocenters. The van der Waals surface area contributed by atoms with Crippen molar-refractivity contribution in [1.82, 2.24) is 4.90 Å². The zero-order chi connectivity index (χ0) is 13.2. The summed E-state index contributed by atoms with van der Waals surface area (Å²) in [6, 6.07) is 7.84. The lowest BCUT2D eigenvalue weighted by Crippen LogP contribution is -2.41. The number of amides is 1. The Balaban J connectivity index is 2.10. The molecule has 0 radical (unpaired) electrons. The summed E-state index contributed by atoms with van der Waals surface area (Å²) in [6.45, 7) is 5.49. The third kappa shape index (κ3) is 3.23. The van der Waals surface area contributed by atoms with Gasteiger partial charge in [0.25, 0.3) is 0 Å². The lowest BCUT2D eigenvalue weighted by Gasteiger charge is -2.25. The molecule has 4 nitrogen and oxygen atoms in total. The number of ether oxygens (including phenoxy) is 1. The van der Waals surface area contributed by atoms with Crippen LogP contribution in [0.2, 0.25) is 0 Å². The number of para-hydroxylation sites is 1. The molecular formula is C14H20N2O2. The number of nitrogens with two attached hydrogens (primary N) is 1. The molecule has 0 aromatic heterocycles. The summed E-state index contributed by atoms with van der Waals surface area (Å²) in [5.41, 5.74) is 6.48. The summed E-state index contributed by atoms with van der Waals surface area (Å²) < 4.78 is 5.63. The number of carbonyl (C=O) groups is 1. The minimum atomic E-state index is -0.468. The van der Waals surface area contributed by atoms with Crippen molar-refractivity contribution >= 4 is 5.91 Å². The largest absolute Gasteiger partial charge is 0.491 e. The van der Waals surface area contributed by atoms with Crippen molar-refractivity contribution in [3.05, 3.63) is 29.8 Å². The molecular weight excluding hydrogens is 228 g/mol. The minimum absolute atomic E-state index is 0.0859. The molecule has 1 aromatic carbocycles. The molecule has 0 aliphatic carbocycles. The van der Waals surface area contributed by atoms with Crippen LogP contribution in [0, 0.1) is 0 Å². The Morgan fingerprint density at radius 1 is 1.44 bits per heavy atom. The van der Waals surface area contributed by atoms with E-state index < -0.39 is 5.54 Å². The molecule has 0 saturated carbocycles. The zero-order valence-electron chi connectivity index (χ0n) is 11.0. The first-order chi connectivity index (χ1) is 8.46. The van der Waals surface area contributed by atoms with Crippen molar-refractivity contribution in [2.75, 3.05) is 13.2 Å². The van der Waals surface area contributed by atoms with Crippen LogP contribution in [-0.2, 0) is 11.3 Å². The van der Waals surface area contributed by atoms with Gasteiger partial charge in [-0.25, -0.2) is 0 Å². The van der Waals surface area contributed by atoms with E-state index in [1.54, 1.807) is 0 Å². The molecule has 2 N–H and O–H groups in total. The summed E-state index contributed by atoms with van der Waals surface area (Å²) in [4.78, 5) is 14.0. The molecule has 0 fully saturated rings. The van der Waals surface area contributed by atoms with Crippen LogP contribution in [0.3, 0.4) is 0 Å². The maximum Gasteiger partial charge on any atom is 0.224 e. The summed E-state index contributed by atoms with van der Waals surface area (Å²) in [5.74, 6) is 0.961. The molecule has 4 heteroatoms. The van der Waals surface area contributed by atoms with Crippen LogP contribution in [0.15, 0.2) is 24.3 Å². The van der Waals surface area contributed by atoms with Gasteiger partial charge in [-0.2, -0.15) is 0 Å². The maximum absolute atomic E-state index is 12.2. The highest BCUT2D eigenvalue weighted by Gasteiger charge is 2.24. The Kier molecular flexibility index (Phi) is 3.57. The minimum Gasteiger partial charge on any atom is -0.491 e. The standard InChI is InChI=1S/C14H20N2O2/c1-14(2,15)9-13(17)16-7-8-18-12-6-4-3-5-11(12)10-16/h3-6H,7-10,15H2,1-2H3. The molecule has 1 aromatic rings. The van der Waals surface area contributed by atoms with Gasteiger partial charge in [0.05, 0.1) is 6.54 Å². The van der Waals surface area contributed by atoms with Crippen LogP contribution < -0.4 is 10.5 Å². The van der Waals surface area contributed by atoms with Gasteiger partial charge in [-0.05, 0) is 19.9 Å². The van der Waals surface area contributed by atoms with Crippen molar-refractivity contribution in [3.8, 4) is 5.75 Å². The second-order valence-electron chi connectivity index (χ2n) is 5.44. The van der Waals surface area contributed by atoms with Gasteiger partial charge in [-0.3, -0.25) is 4.79 Å². The van der Waals surface area contributed by atoms with Crippen LogP contribution in [0.1, 0.15) is 25.8 Å². The van der Waals surface area contributed by atoms with E-state index in [9.17, 15) is 4.79 Å². The van der Waals surface area contributed by atoms with Crippen molar-refractivity contribution in [2.24, 2.45) is 5.73 Å². The van der Waals surface area contributed by atoms with Crippen LogP contribution in [0.4, 0.5) is 0 Å². The van der Waals surface area contributed by atoms with Crippen molar-refractivity contribution in [3.63, 3.8) is 0 Å². The predicted molar refractivity (Wildman–Crippen MR) is 70.2 cm³/mol. The smallest absolute Gasteiger partial charge is 0.224 e. The normalized spacial score (nSPS) is 15.6. The van der Waals surface area contributed by atoms with Crippen molar-refractivity contribution in [1.29, 1.82) is 0 Å². The second kappa shape index (κ2) is 4.98. The van der Waals surface area contributed by atoms with E-state index in [1.807, 2.05) is 43.0 Å². The van der Waals surface area contributed by atoms with Gasteiger partial charge in [0.1, 0.15) is 12.4 Å². The monoisotopic (exact) mass is 248 g/mol. The van der Waals surface area contributed by atoms with E-state index in [-0.39, 0.29) is 5.91 Å². The van der Waals surface area contributed by atoms with E-state index in [0.717, 1.165) is 11.3 Å². The van der Waals surface area contributed by atoms with E-state index in [4.69, 9.17) is 10.5 Å². The molecule has 1 amide bonds. The number of benzene rings is 1. The Morgan fingerprint density at radius 3 is 2.89 bits per heavy atom. The number of hydrogen-bond donors (Lipinski definition) is 1. The topological polar surface area (TPSA) is 55.6 Å². The van der Waals surface area contributed by atoms with E-state index in [1.165, 1.54) is 0 Å². The highest BCUT2D eigenvalue weighted by Crippen LogP contribution is 2.23. The number of fused-ring (bicyclic) bond motifs is 1. The van der Waals surface area contributed by atoms with Crippen LogP contribution in [0.25, 0.3) is 0 Å². The lowest BCUT2D eigenvalue weighted by molar-refractivity contribution is -0.132. The average Bonchev–Trinajstić information content (AvgIpc) is 2.48. The number of nitrogens with zero attached hydrogens (tertiary/aromatic N) is 1. The summed E-state index contributed by atoms with van der Waals surface area (Å²) >= 11 is 0. The Labute approximate surface area is 108 Å². The van der Waals surface area contributed by atoms with Crippen molar-refractivity contribution in [2.45, 2.75) is 32.4 Å². The molecule has 0 spiro atoms. The van der Waals surface area contributed by atoms with Crippen molar-refractivity contribution < 1.29 is 9.53 Å². The van der Waals surface area contributed by atoms with E-state index in [2.05, 4.69) is 0 Å². The average molecular weight is 248 g/mol. The molecule has 1 aliphatic heterocycles. The number of carbonyl (C=O) groups excluding carboxylic acids is 1. The van der Waals surface area contributed by atoms with Crippen LogP contribution >= 0.6 is 0 Å². The summed E-state index contributed by atoms with van der Waals surface area (Å²) in [5, 5.41) is 0. The van der Waals surface area contributed by atoms with Gasteiger partial charge in [-0.15, -0.1) is 0 Å². The van der Waals surface area contributed by atoms with Gasteiger partial charge >= 0.3 is 0 Å². The first kappa shape index (κ1) is 12.9. The van der Waals surface area contributed by atoms with Gasteiger partial charge in [-0.1, -0.05) is 18.2 Å². The summed E-state index contributed by atoms with van der Waals surface area (Å²) in [7, 11) is 0. The van der Waals surface area contributed by atoms with Gasteiger partial charge in [0.2, 0.25) is 5.91 Å². The van der Waals surface area contributed by atoms with Crippen LogP contribution in [0.5, 0.6) is 5.75 Å². The van der Waals surface area contributed by atoms with Gasteiger partial charge < -0.3 is 15.4 Å². The molecule has 98 valence electrons. The summed E-state index contributed by atoms with van der Waals surface area (Å²) in [6.07, 6.45) is 0.356. The SMILES string of the molecule is CC(C)(N)CC(=O)N1CCOc2ccccc2C1. The second-order valence-corrected chi connectivity index (χ2v) is 5.44. The third-order valence-electron chi connectivity index (χ3n) is 2.91. The molecule has 2 rings (SSSR count). The fraction of sp³-hybridized carbons (Fsp3) is 0.500. The maximum atomic E-state index is 12.2. The molecule has 0 bridgehead atoms. The molecule has 18 heavy (non-hydrogen) atoms. The molecule has 1 aliphatic rings. The Hall–Kier alpha value is -1.55. The molecule has 0 atom stereocenters. The van der Waals surface area contributed by atoms with E-state index in [0.29, 0.717) is 26.1 Å². The highest BCUT2D eigenvalue weighted by atomic mass is 16.5. The lowest BCUT2D eigenvalue weighted by atomic mass is 10.0. The zero-order valence-corrected chi connectivity index (χ0v) is 11.0. The Bertz CT molecular complexity index is 438. The van der Waals surface area contributed by atoms with E-state index >= 15 is 0 Å². The quantitative estimate of drug-likeness (QED) is 0.863. The van der Waals surface area contributed by atoms with Gasteiger partial charge in [0.15, 0.2) is 0 Å². The van der Waals surface area contributed by atoms with Gasteiger partial charge in [0, 0.05) is 24.1 Å². The first-order valence-corrected chi connectivity index (χ1v) is 6.23. The predicted octanol–water partition coefficient (Wildman–Crippen LogP) is 1.53. The number of rotatable bonds is 2. The van der Waals surface area contributed by atoms with Crippen LogP contribution in [-0.4, -0.2) is 29.5 Å². The fourth-order valence-electron chi connectivity index (χ4n) is 2.04. The fourth-order valence-corrected chi connectivity index (χ4v) is 2.04. The molecule has 0 saturated heterocycles. The Morgan fingerprint density at radius 2 is 2.17 bits per heavy atom. The molecule has 1 heterocycles.